The molecule has 3 heterocycles. The van der Waals surface area contributed by atoms with Gasteiger partial charge in [-0.25, -0.2) is 4.98 Å². The minimum atomic E-state index is 0.0710. The Morgan fingerprint density at radius 3 is 2.47 bits per heavy atom. The van der Waals surface area contributed by atoms with E-state index >= 15 is 0 Å². The predicted molar refractivity (Wildman–Crippen MR) is 122 cm³/mol. The number of nitrogens with zero attached hydrogens (tertiary/aromatic N) is 3. The molecule has 1 saturated heterocycles. The Hall–Kier alpha value is -2.96. The Balaban J connectivity index is 1.27. The Labute approximate surface area is 180 Å². The molecule has 2 aromatic carbocycles. The van der Waals surface area contributed by atoms with Gasteiger partial charge in [0.2, 0.25) is 5.91 Å². The van der Waals surface area contributed by atoms with E-state index in [1.54, 1.807) is 11.3 Å². The molecule has 5 nitrogen and oxygen atoms in total. The molecule has 1 amide bonds. The number of imidazole rings is 1. The Morgan fingerprint density at radius 2 is 1.73 bits per heavy atom. The van der Waals surface area contributed by atoms with E-state index in [-0.39, 0.29) is 11.8 Å². The van der Waals surface area contributed by atoms with Gasteiger partial charge in [-0.1, -0.05) is 48.5 Å². The van der Waals surface area contributed by atoms with Crippen LogP contribution in [-0.4, -0.2) is 33.3 Å². The second-order valence-corrected chi connectivity index (χ2v) is 8.61. The summed E-state index contributed by atoms with van der Waals surface area (Å²) in [6, 6.07) is 20.1. The summed E-state index contributed by atoms with van der Waals surface area (Å²) in [7, 11) is 0. The van der Waals surface area contributed by atoms with E-state index in [4.69, 9.17) is 4.98 Å². The summed E-state index contributed by atoms with van der Waals surface area (Å²) in [5.74, 6) is 0.206. The van der Waals surface area contributed by atoms with Gasteiger partial charge in [0.15, 0.2) is 4.96 Å². The molecular formula is C24H24N4OS. The first kappa shape index (κ1) is 19.0. The van der Waals surface area contributed by atoms with Crippen molar-refractivity contribution in [2.45, 2.75) is 19.4 Å². The molecule has 6 heteroatoms. The summed E-state index contributed by atoms with van der Waals surface area (Å²) in [6.07, 6.45) is 3.87. The van der Waals surface area contributed by atoms with Crippen molar-refractivity contribution in [2.75, 3.05) is 18.4 Å². The molecule has 2 aromatic heterocycles. The van der Waals surface area contributed by atoms with E-state index in [9.17, 15) is 4.79 Å². The van der Waals surface area contributed by atoms with Gasteiger partial charge in [-0.05, 0) is 38.1 Å². The minimum Gasteiger partial charge on any atom is -0.326 e. The lowest BCUT2D eigenvalue weighted by Crippen LogP contribution is -2.38. The summed E-state index contributed by atoms with van der Waals surface area (Å²) in [6.45, 7) is 2.67. The van der Waals surface area contributed by atoms with E-state index in [0.29, 0.717) is 0 Å². The third kappa shape index (κ3) is 3.88. The monoisotopic (exact) mass is 416 g/mol. The molecule has 0 bridgehead atoms. The molecule has 152 valence electrons. The van der Waals surface area contributed by atoms with Crippen molar-refractivity contribution in [3.8, 4) is 11.3 Å². The number of fused-ring (bicyclic) bond motifs is 1. The second kappa shape index (κ2) is 8.42. The number of hydrogen-bond acceptors (Lipinski definition) is 4. The van der Waals surface area contributed by atoms with Crippen LogP contribution in [0.25, 0.3) is 16.2 Å². The molecule has 0 unspecified atom stereocenters. The van der Waals surface area contributed by atoms with Crippen LogP contribution < -0.4 is 5.32 Å². The van der Waals surface area contributed by atoms with Gasteiger partial charge in [0.1, 0.15) is 0 Å². The molecule has 1 fully saturated rings. The van der Waals surface area contributed by atoms with Gasteiger partial charge in [-0.2, -0.15) is 0 Å². The van der Waals surface area contributed by atoms with E-state index in [2.05, 4.69) is 50.5 Å². The predicted octanol–water partition coefficient (Wildman–Crippen LogP) is 4.91. The standard InChI is InChI=1S/C24H24N4OS/c29-23(25-20-9-5-2-6-10-20)19-11-13-27(14-12-19)17-21-22(18-7-3-1-4-8-18)26-24-28(21)15-16-30-24/h1-10,15-16,19H,11-14,17H2,(H,25,29). The Kier molecular flexibility index (Phi) is 5.34. The summed E-state index contributed by atoms with van der Waals surface area (Å²) in [5.41, 5.74) is 4.31. The van der Waals surface area contributed by atoms with Crippen LogP contribution in [0.3, 0.4) is 0 Å². The fourth-order valence-electron chi connectivity index (χ4n) is 4.14. The number of carbonyl (C=O) groups is 1. The number of nitrogens with one attached hydrogen (secondary N) is 1. The first-order chi connectivity index (χ1) is 14.8. The summed E-state index contributed by atoms with van der Waals surface area (Å²) < 4.78 is 2.21. The van der Waals surface area contributed by atoms with Gasteiger partial charge >= 0.3 is 0 Å². The molecule has 0 spiro atoms. The van der Waals surface area contributed by atoms with Gasteiger partial charge < -0.3 is 5.32 Å². The fourth-order valence-corrected chi connectivity index (χ4v) is 4.87. The molecule has 1 aliphatic rings. The Morgan fingerprint density at radius 1 is 1.03 bits per heavy atom. The molecule has 0 saturated carbocycles. The van der Waals surface area contributed by atoms with Crippen molar-refractivity contribution in [2.24, 2.45) is 5.92 Å². The molecule has 30 heavy (non-hydrogen) atoms. The number of benzene rings is 2. The highest BCUT2D eigenvalue weighted by molar-refractivity contribution is 7.15. The number of thiazole rings is 1. The number of piperidine rings is 1. The highest BCUT2D eigenvalue weighted by Gasteiger charge is 2.26. The van der Waals surface area contributed by atoms with Crippen molar-refractivity contribution in [1.29, 1.82) is 0 Å². The van der Waals surface area contributed by atoms with Crippen LogP contribution >= 0.6 is 11.3 Å². The summed E-state index contributed by atoms with van der Waals surface area (Å²) >= 11 is 1.66. The second-order valence-electron chi connectivity index (χ2n) is 7.73. The van der Waals surface area contributed by atoms with E-state index < -0.39 is 0 Å². The number of rotatable bonds is 5. The van der Waals surface area contributed by atoms with Crippen LogP contribution in [0.15, 0.2) is 72.2 Å². The van der Waals surface area contributed by atoms with Gasteiger partial charge in [-0.3, -0.25) is 14.1 Å². The fraction of sp³-hybridized carbons (Fsp3) is 0.250. The van der Waals surface area contributed by atoms with Crippen molar-refractivity contribution in [1.82, 2.24) is 14.3 Å². The van der Waals surface area contributed by atoms with Gasteiger partial charge in [0.05, 0.1) is 11.4 Å². The SMILES string of the molecule is O=C(Nc1ccccc1)C1CCN(Cc2c(-c3ccccc3)nc3sccn23)CC1. The lowest BCUT2D eigenvalue weighted by Gasteiger charge is -2.31. The van der Waals surface area contributed by atoms with Crippen LogP contribution in [0, 0.1) is 5.92 Å². The zero-order chi connectivity index (χ0) is 20.3. The lowest BCUT2D eigenvalue weighted by atomic mass is 9.95. The van der Waals surface area contributed by atoms with Crippen molar-refractivity contribution < 1.29 is 4.79 Å². The van der Waals surface area contributed by atoms with E-state index in [1.165, 1.54) is 5.69 Å². The van der Waals surface area contributed by atoms with Crippen LogP contribution in [0.1, 0.15) is 18.5 Å². The summed E-state index contributed by atoms with van der Waals surface area (Å²) in [5, 5.41) is 5.14. The molecular weight excluding hydrogens is 392 g/mol. The third-order valence-corrected chi connectivity index (χ3v) is 6.54. The zero-order valence-corrected chi connectivity index (χ0v) is 17.5. The van der Waals surface area contributed by atoms with Crippen LogP contribution in [0.4, 0.5) is 5.69 Å². The molecule has 1 N–H and O–H groups in total. The first-order valence-electron chi connectivity index (χ1n) is 10.4. The number of amides is 1. The molecule has 0 radical (unpaired) electrons. The van der Waals surface area contributed by atoms with Crippen LogP contribution in [0.2, 0.25) is 0 Å². The minimum absolute atomic E-state index is 0.0710. The molecule has 4 aromatic rings. The normalized spacial score (nSPS) is 15.5. The van der Waals surface area contributed by atoms with Crippen LogP contribution in [-0.2, 0) is 11.3 Å². The maximum atomic E-state index is 12.6. The zero-order valence-electron chi connectivity index (χ0n) is 16.7. The first-order valence-corrected chi connectivity index (χ1v) is 11.2. The highest BCUT2D eigenvalue weighted by Crippen LogP contribution is 2.29. The summed E-state index contributed by atoms with van der Waals surface area (Å²) in [4.78, 5) is 21.0. The topological polar surface area (TPSA) is 49.6 Å². The number of hydrogen-bond donors (Lipinski definition) is 1. The van der Waals surface area contributed by atoms with Gasteiger partial charge in [0, 0.05) is 35.3 Å². The van der Waals surface area contributed by atoms with Gasteiger partial charge in [0.25, 0.3) is 0 Å². The molecule has 5 rings (SSSR count). The highest BCUT2D eigenvalue weighted by atomic mass is 32.1. The lowest BCUT2D eigenvalue weighted by molar-refractivity contribution is -0.121. The Bertz CT molecular complexity index is 1130. The average Bonchev–Trinajstić information content (AvgIpc) is 3.38. The number of anilines is 1. The van der Waals surface area contributed by atoms with E-state index in [1.807, 2.05) is 36.4 Å². The maximum absolute atomic E-state index is 12.6. The third-order valence-electron chi connectivity index (χ3n) is 5.78. The maximum Gasteiger partial charge on any atom is 0.227 e. The number of para-hydroxylation sites is 1. The molecule has 1 aliphatic heterocycles. The van der Waals surface area contributed by atoms with Crippen LogP contribution in [0.5, 0.6) is 0 Å². The molecule has 0 aliphatic carbocycles. The average molecular weight is 417 g/mol. The van der Waals surface area contributed by atoms with Gasteiger partial charge in [-0.15, -0.1) is 11.3 Å². The number of likely N-dealkylation sites (tertiary alicyclic amines) is 1. The van der Waals surface area contributed by atoms with Crippen molar-refractivity contribution >= 4 is 27.9 Å². The number of carbonyl (C=O) groups excluding carboxylic acids is 1. The molecule has 0 atom stereocenters. The quantitative estimate of drug-likeness (QED) is 0.503. The smallest absolute Gasteiger partial charge is 0.227 e. The number of aromatic nitrogens is 2. The van der Waals surface area contributed by atoms with Crippen molar-refractivity contribution in [3.63, 3.8) is 0 Å². The van der Waals surface area contributed by atoms with E-state index in [0.717, 1.165) is 54.4 Å². The van der Waals surface area contributed by atoms with Crippen molar-refractivity contribution in [3.05, 3.63) is 77.9 Å². The largest absolute Gasteiger partial charge is 0.326 e.